The van der Waals surface area contributed by atoms with Gasteiger partial charge in [0.25, 0.3) is 5.69 Å². The first kappa shape index (κ1) is 15.7. The zero-order chi connectivity index (χ0) is 15.2. The number of benzene rings is 1. The average molecular weight is 293 g/mol. The predicted molar refractivity (Wildman–Crippen MR) is 82.8 cm³/mol. The molecule has 0 atom stereocenters. The monoisotopic (exact) mass is 293 g/mol. The Morgan fingerprint density at radius 1 is 1.43 bits per heavy atom. The van der Waals surface area contributed by atoms with Crippen molar-refractivity contribution in [3.63, 3.8) is 0 Å². The molecule has 0 saturated carbocycles. The summed E-state index contributed by atoms with van der Waals surface area (Å²) in [7, 11) is 1.73. The number of anilines is 1. The summed E-state index contributed by atoms with van der Waals surface area (Å²) < 4.78 is 5.10. The molecule has 2 rings (SSSR count). The quantitative estimate of drug-likeness (QED) is 0.644. The van der Waals surface area contributed by atoms with Crippen LogP contribution in [-0.2, 0) is 4.74 Å². The maximum absolute atomic E-state index is 10.8. The largest absolute Gasteiger partial charge is 0.383 e. The molecule has 1 saturated heterocycles. The van der Waals surface area contributed by atoms with Crippen LogP contribution in [0.25, 0.3) is 0 Å². The third kappa shape index (κ3) is 4.41. The standard InChI is InChI=1S/C15H23N3O3/c1-12-11-14(3-4-15(12)18(19)20)16-13-5-7-17(8-6-13)9-10-21-2/h3-4,11,13,16H,5-10H2,1-2H3. The van der Waals surface area contributed by atoms with Gasteiger partial charge in [0.15, 0.2) is 0 Å². The third-order valence-electron chi connectivity index (χ3n) is 3.96. The Balaban J connectivity index is 1.86. The molecule has 1 aromatic rings. The summed E-state index contributed by atoms with van der Waals surface area (Å²) in [5, 5.41) is 14.3. The number of methoxy groups -OCH3 is 1. The first-order valence-electron chi connectivity index (χ1n) is 7.33. The molecule has 1 aliphatic rings. The number of nitrogens with one attached hydrogen (secondary N) is 1. The van der Waals surface area contributed by atoms with E-state index in [1.54, 1.807) is 26.2 Å². The lowest BCUT2D eigenvalue weighted by Crippen LogP contribution is -2.40. The summed E-state index contributed by atoms with van der Waals surface area (Å²) in [5.74, 6) is 0. The lowest BCUT2D eigenvalue weighted by atomic mass is 10.0. The van der Waals surface area contributed by atoms with Gasteiger partial charge in [0.2, 0.25) is 0 Å². The minimum Gasteiger partial charge on any atom is -0.383 e. The number of rotatable bonds is 6. The molecule has 0 aliphatic carbocycles. The van der Waals surface area contributed by atoms with Crippen molar-refractivity contribution >= 4 is 11.4 Å². The van der Waals surface area contributed by atoms with E-state index in [1.807, 2.05) is 6.07 Å². The van der Waals surface area contributed by atoms with Crippen LogP contribution in [0.2, 0.25) is 0 Å². The van der Waals surface area contributed by atoms with E-state index in [1.165, 1.54) is 0 Å². The molecule has 0 unspecified atom stereocenters. The molecule has 21 heavy (non-hydrogen) atoms. The van der Waals surface area contributed by atoms with Crippen LogP contribution in [0.5, 0.6) is 0 Å². The van der Waals surface area contributed by atoms with E-state index in [2.05, 4.69) is 10.2 Å². The number of nitro benzene ring substituents is 1. The van der Waals surface area contributed by atoms with Crippen molar-refractivity contribution in [2.45, 2.75) is 25.8 Å². The van der Waals surface area contributed by atoms with Crippen molar-refractivity contribution in [1.82, 2.24) is 4.90 Å². The van der Waals surface area contributed by atoms with Gasteiger partial charge in [-0.05, 0) is 31.9 Å². The SMILES string of the molecule is COCCN1CCC(Nc2ccc([N+](=O)[O-])c(C)c2)CC1. The van der Waals surface area contributed by atoms with Gasteiger partial charge in [-0.25, -0.2) is 0 Å². The Kier molecular flexibility index (Phi) is 5.52. The molecule has 1 fully saturated rings. The molecule has 0 spiro atoms. The molecule has 6 heteroatoms. The van der Waals surface area contributed by atoms with Crippen LogP contribution in [0.1, 0.15) is 18.4 Å². The second kappa shape index (κ2) is 7.38. The minimum absolute atomic E-state index is 0.176. The highest BCUT2D eigenvalue weighted by Gasteiger charge is 2.19. The molecule has 0 bridgehead atoms. The van der Waals surface area contributed by atoms with Crippen LogP contribution >= 0.6 is 0 Å². The van der Waals surface area contributed by atoms with Crippen LogP contribution in [0.15, 0.2) is 18.2 Å². The Bertz CT molecular complexity index is 485. The van der Waals surface area contributed by atoms with Gasteiger partial charge in [0.05, 0.1) is 11.5 Å². The number of piperidine rings is 1. The number of likely N-dealkylation sites (tertiary alicyclic amines) is 1. The molecule has 0 amide bonds. The van der Waals surface area contributed by atoms with Gasteiger partial charge in [0, 0.05) is 50.1 Å². The molecule has 116 valence electrons. The van der Waals surface area contributed by atoms with Crippen LogP contribution in [0.3, 0.4) is 0 Å². The van der Waals surface area contributed by atoms with Gasteiger partial charge in [-0.2, -0.15) is 0 Å². The van der Waals surface area contributed by atoms with Crippen LogP contribution in [0.4, 0.5) is 11.4 Å². The summed E-state index contributed by atoms with van der Waals surface area (Å²) >= 11 is 0. The fourth-order valence-electron chi connectivity index (χ4n) is 2.71. The highest BCUT2D eigenvalue weighted by Crippen LogP contribution is 2.23. The normalized spacial score (nSPS) is 16.9. The molecule has 1 aromatic carbocycles. The summed E-state index contributed by atoms with van der Waals surface area (Å²) in [6, 6.07) is 5.66. The lowest BCUT2D eigenvalue weighted by molar-refractivity contribution is -0.385. The van der Waals surface area contributed by atoms with Crippen LogP contribution in [0, 0.1) is 17.0 Å². The molecule has 1 aliphatic heterocycles. The van der Waals surface area contributed by atoms with Gasteiger partial charge >= 0.3 is 0 Å². The van der Waals surface area contributed by atoms with E-state index < -0.39 is 0 Å². The number of aryl methyl sites for hydroxylation is 1. The molecule has 1 heterocycles. The van der Waals surface area contributed by atoms with Crippen molar-refractivity contribution in [1.29, 1.82) is 0 Å². The Labute approximate surface area is 125 Å². The molecular formula is C15H23N3O3. The average Bonchev–Trinajstić information content (AvgIpc) is 2.46. The Morgan fingerprint density at radius 2 is 2.14 bits per heavy atom. The summed E-state index contributed by atoms with van der Waals surface area (Å²) in [4.78, 5) is 12.9. The van der Waals surface area contributed by atoms with E-state index in [4.69, 9.17) is 4.74 Å². The number of ether oxygens (including phenoxy) is 1. The van der Waals surface area contributed by atoms with E-state index in [9.17, 15) is 10.1 Å². The second-order valence-corrected chi connectivity index (χ2v) is 5.51. The van der Waals surface area contributed by atoms with Crippen molar-refractivity contribution in [2.24, 2.45) is 0 Å². The molecular weight excluding hydrogens is 270 g/mol. The fourth-order valence-corrected chi connectivity index (χ4v) is 2.71. The van der Waals surface area contributed by atoms with Crippen LogP contribution < -0.4 is 5.32 Å². The van der Waals surface area contributed by atoms with Gasteiger partial charge in [-0.1, -0.05) is 0 Å². The maximum atomic E-state index is 10.8. The molecule has 0 radical (unpaired) electrons. The first-order chi connectivity index (χ1) is 10.1. The van der Waals surface area contributed by atoms with E-state index in [0.717, 1.165) is 44.8 Å². The summed E-state index contributed by atoms with van der Waals surface area (Å²) in [6.07, 6.45) is 2.17. The number of nitro groups is 1. The summed E-state index contributed by atoms with van der Waals surface area (Å²) in [5.41, 5.74) is 1.84. The first-order valence-corrected chi connectivity index (χ1v) is 7.33. The zero-order valence-corrected chi connectivity index (χ0v) is 12.7. The zero-order valence-electron chi connectivity index (χ0n) is 12.7. The minimum atomic E-state index is -0.340. The van der Waals surface area contributed by atoms with E-state index in [-0.39, 0.29) is 10.6 Å². The van der Waals surface area contributed by atoms with Crippen molar-refractivity contribution in [3.8, 4) is 0 Å². The second-order valence-electron chi connectivity index (χ2n) is 5.51. The topological polar surface area (TPSA) is 67.6 Å². The third-order valence-corrected chi connectivity index (χ3v) is 3.96. The Morgan fingerprint density at radius 3 is 2.71 bits per heavy atom. The fraction of sp³-hybridized carbons (Fsp3) is 0.600. The maximum Gasteiger partial charge on any atom is 0.272 e. The predicted octanol–water partition coefficient (Wildman–Crippen LogP) is 2.43. The van der Waals surface area contributed by atoms with Crippen molar-refractivity contribution in [3.05, 3.63) is 33.9 Å². The molecule has 0 aromatic heterocycles. The number of nitrogens with zero attached hydrogens (tertiary/aromatic N) is 2. The van der Waals surface area contributed by atoms with Gasteiger partial charge in [0.1, 0.15) is 0 Å². The highest BCUT2D eigenvalue weighted by atomic mass is 16.6. The molecule has 1 N–H and O–H groups in total. The Hall–Kier alpha value is -1.66. The van der Waals surface area contributed by atoms with Crippen molar-refractivity contribution in [2.75, 3.05) is 38.7 Å². The van der Waals surface area contributed by atoms with Gasteiger partial charge < -0.3 is 15.0 Å². The van der Waals surface area contributed by atoms with Crippen LogP contribution in [-0.4, -0.2) is 49.2 Å². The highest BCUT2D eigenvalue weighted by molar-refractivity contribution is 5.54. The summed E-state index contributed by atoms with van der Waals surface area (Å²) in [6.45, 7) is 5.66. The van der Waals surface area contributed by atoms with Gasteiger partial charge in [-0.15, -0.1) is 0 Å². The lowest BCUT2D eigenvalue weighted by Gasteiger charge is -2.32. The van der Waals surface area contributed by atoms with Gasteiger partial charge in [-0.3, -0.25) is 10.1 Å². The van der Waals surface area contributed by atoms with Crippen molar-refractivity contribution < 1.29 is 9.66 Å². The number of hydrogen-bond acceptors (Lipinski definition) is 5. The van der Waals surface area contributed by atoms with E-state index in [0.29, 0.717) is 11.6 Å². The van der Waals surface area contributed by atoms with E-state index >= 15 is 0 Å². The molecule has 6 nitrogen and oxygen atoms in total. The smallest absolute Gasteiger partial charge is 0.272 e. The number of hydrogen-bond donors (Lipinski definition) is 1.